The minimum absolute atomic E-state index is 0.144. The van der Waals surface area contributed by atoms with Crippen molar-refractivity contribution in [3.05, 3.63) is 0 Å². The number of hydrogen-bond donors (Lipinski definition) is 1. The Morgan fingerprint density at radius 2 is 1.36 bits per heavy atom. The van der Waals surface area contributed by atoms with Gasteiger partial charge in [0.2, 0.25) is 10.0 Å². The van der Waals surface area contributed by atoms with Gasteiger partial charge in [-0.25, -0.2) is 21.5 Å². The summed E-state index contributed by atoms with van der Waals surface area (Å²) < 4.78 is 86.2. The fourth-order valence-electron chi connectivity index (χ4n) is 3.66. The summed E-state index contributed by atoms with van der Waals surface area (Å²) in [6.45, 7) is 4.91. The molecule has 1 heterocycles. The minimum Gasteiger partial charge on any atom is -0.285 e. The zero-order valence-corrected chi connectivity index (χ0v) is 16.9. The first-order valence-corrected chi connectivity index (χ1v) is 11.5. The first-order chi connectivity index (χ1) is 11.3. The molecule has 1 saturated heterocycles. The molecule has 0 aromatic rings. The average molecular weight is 406 g/mol. The van der Waals surface area contributed by atoms with Crippen LogP contribution in [0, 0.1) is 0 Å². The standard InChI is InChI=1S/C15H29F2NO5S2/c1-5-13(4,24(19,20)18-11-9-8-10-12-18)15(16,17)14(6-2,7-3)25(21,22)23/h5-12H2,1-4H3,(H,21,22,23). The van der Waals surface area contributed by atoms with E-state index in [0.717, 1.165) is 17.6 Å². The van der Waals surface area contributed by atoms with Crippen molar-refractivity contribution >= 4 is 20.1 Å². The molecule has 1 rings (SSSR count). The molecule has 1 aliphatic heterocycles. The lowest BCUT2D eigenvalue weighted by Gasteiger charge is -2.47. The Labute approximate surface area is 149 Å². The number of alkyl halides is 2. The van der Waals surface area contributed by atoms with Gasteiger partial charge in [0.1, 0.15) is 4.75 Å². The van der Waals surface area contributed by atoms with E-state index in [1.807, 2.05) is 0 Å². The summed E-state index contributed by atoms with van der Waals surface area (Å²) in [5, 5.41) is 0. The zero-order chi connectivity index (χ0) is 19.7. The maximum absolute atomic E-state index is 15.6. The van der Waals surface area contributed by atoms with Gasteiger partial charge in [0.25, 0.3) is 16.0 Å². The van der Waals surface area contributed by atoms with Gasteiger partial charge in [-0.1, -0.05) is 27.2 Å². The van der Waals surface area contributed by atoms with E-state index in [4.69, 9.17) is 0 Å². The molecule has 0 aromatic heterocycles. The van der Waals surface area contributed by atoms with Crippen LogP contribution in [0.4, 0.5) is 8.78 Å². The van der Waals surface area contributed by atoms with Crippen LogP contribution in [0.2, 0.25) is 0 Å². The fourth-order valence-corrected chi connectivity index (χ4v) is 7.20. The highest BCUT2D eigenvalue weighted by molar-refractivity contribution is 7.91. The lowest BCUT2D eigenvalue weighted by molar-refractivity contribution is -0.0841. The molecular weight excluding hydrogens is 376 g/mol. The molecule has 0 saturated carbocycles. The molecule has 1 N–H and O–H groups in total. The second-order valence-corrected chi connectivity index (χ2v) is 10.9. The molecule has 10 heteroatoms. The summed E-state index contributed by atoms with van der Waals surface area (Å²) in [4.78, 5) is 0. The molecule has 25 heavy (non-hydrogen) atoms. The van der Waals surface area contributed by atoms with E-state index in [2.05, 4.69) is 0 Å². The summed E-state index contributed by atoms with van der Waals surface area (Å²) >= 11 is 0. The van der Waals surface area contributed by atoms with Crippen LogP contribution >= 0.6 is 0 Å². The van der Waals surface area contributed by atoms with Gasteiger partial charge in [-0.15, -0.1) is 0 Å². The maximum atomic E-state index is 15.6. The van der Waals surface area contributed by atoms with Crippen molar-refractivity contribution < 1.29 is 30.2 Å². The van der Waals surface area contributed by atoms with Crippen LogP contribution < -0.4 is 0 Å². The molecule has 150 valence electrons. The summed E-state index contributed by atoms with van der Waals surface area (Å²) in [5.41, 5.74) is 0. The molecule has 1 atom stereocenters. The Balaban J connectivity index is 3.62. The number of hydrogen-bond acceptors (Lipinski definition) is 4. The van der Waals surface area contributed by atoms with Crippen molar-refractivity contribution in [3.8, 4) is 0 Å². The van der Waals surface area contributed by atoms with Crippen molar-refractivity contribution in [1.29, 1.82) is 0 Å². The van der Waals surface area contributed by atoms with E-state index in [1.165, 1.54) is 20.8 Å². The van der Waals surface area contributed by atoms with Gasteiger partial charge in [-0.05, 0) is 39.0 Å². The smallest absolute Gasteiger partial charge is 0.285 e. The molecule has 0 aliphatic carbocycles. The molecule has 0 aromatic carbocycles. The molecule has 1 aliphatic rings. The Bertz CT molecular complexity index is 668. The van der Waals surface area contributed by atoms with Gasteiger partial charge in [-0.2, -0.15) is 8.42 Å². The lowest BCUT2D eigenvalue weighted by Crippen LogP contribution is -2.68. The number of rotatable bonds is 8. The Morgan fingerprint density at radius 3 is 1.68 bits per heavy atom. The molecular formula is C15H29F2NO5S2. The number of nitrogens with zero attached hydrogens (tertiary/aromatic N) is 1. The molecule has 0 amide bonds. The van der Waals surface area contributed by atoms with Gasteiger partial charge in [0, 0.05) is 13.1 Å². The van der Waals surface area contributed by atoms with Crippen LogP contribution in [0.25, 0.3) is 0 Å². The van der Waals surface area contributed by atoms with Crippen molar-refractivity contribution in [3.63, 3.8) is 0 Å². The summed E-state index contributed by atoms with van der Waals surface area (Å²) in [5.74, 6) is -4.18. The van der Waals surface area contributed by atoms with Gasteiger partial charge in [0.05, 0.1) is 0 Å². The predicted molar refractivity (Wildman–Crippen MR) is 92.8 cm³/mol. The molecule has 1 unspecified atom stereocenters. The highest BCUT2D eigenvalue weighted by atomic mass is 32.2. The van der Waals surface area contributed by atoms with Crippen LogP contribution in [0.3, 0.4) is 0 Å². The van der Waals surface area contributed by atoms with Gasteiger partial charge < -0.3 is 0 Å². The van der Waals surface area contributed by atoms with Crippen LogP contribution in [0.15, 0.2) is 0 Å². The van der Waals surface area contributed by atoms with Crippen LogP contribution in [-0.4, -0.2) is 54.2 Å². The summed E-state index contributed by atoms with van der Waals surface area (Å²) in [6.07, 6.45) is 0.312. The van der Waals surface area contributed by atoms with Crippen molar-refractivity contribution in [1.82, 2.24) is 4.31 Å². The van der Waals surface area contributed by atoms with Crippen LogP contribution in [0.5, 0.6) is 0 Å². The van der Waals surface area contributed by atoms with Crippen molar-refractivity contribution in [2.75, 3.05) is 13.1 Å². The van der Waals surface area contributed by atoms with Crippen LogP contribution in [0.1, 0.15) is 66.2 Å². The molecule has 1 fully saturated rings. The third-order valence-electron chi connectivity index (χ3n) is 5.77. The third kappa shape index (κ3) is 3.23. The quantitative estimate of drug-likeness (QED) is 0.627. The SMILES string of the molecule is CCC(CC)(C(F)(F)C(C)(CC)S(=O)(=O)N1CCCCC1)S(=O)(=O)O. The van der Waals surface area contributed by atoms with E-state index in [0.29, 0.717) is 12.8 Å². The number of sulfonamides is 1. The monoisotopic (exact) mass is 405 g/mol. The van der Waals surface area contributed by atoms with Gasteiger partial charge >= 0.3 is 0 Å². The zero-order valence-electron chi connectivity index (χ0n) is 15.3. The Kier molecular flexibility index (Phi) is 6.69. The third-order valence-corrected chi connectivity index (χ3v) is 10.3. The van der Waals surface area contributed by atoms with Crippen LogP contribution in [-0.2, 0) is 20.1 Å². The minimum atomic E-state index is -5.20. The topological polar surface area (TPSA) is 91.8 Å². The van der Waals surface area contributed by atoms with Gasteiger partial charge in [-0.3, -0.25) is 4.55 Å². The van der Waals surface area contributed by atoms with E-state index in [9.17, 15) is 21.4 Å². The first-order valence-electron chi connectivity index (χ1n) is 8.63. The lowest BCUT2D eigenvalue weighted by atomic mass is 9.84. The van der Waals surface area contributed by atoms with E-state index in [1.54, 1.807) is 0 Å². The molecule has 0 radical (unpaired) electrons. The summed E-state index contributed by atoms with van der Waals surface area (Å²) in [6, 6.07) is 0. The average Bonchev–Trinajstić information content (AvgIpc) is 2.54. The normalized spacial score (nSPS) is 21.1. The van der Waals surface area contributed by atoms with E-state index in [-0.39, 0.29) is 13.1 Å². The Hall–Kier alpha value is -0.320. The largest absolute Gasteiger partial charge is 0.290 e. The first kappa shape index (κ1) is 22.7. The molecule has 6 nitrogen and oxygen atoms in total. The van der Waals surface area contributed by atoms with E-state index < -0.39 is 54.8 Å². The second kappa shape index (κ2) is 7.36. The number of halogens is 2. The van der Waals surface area contributed by atoms with E-state index >= 15 is 8.78 Å². The highest BCUT2D eigenvalue weighted by Crippen LogP contribution is 2.52. The number of piperidine rings is 1. The highest BCUT2D eigenvalue weighted by Gasteiger charge is 2.72. The van der Waals surface area contributed by atoms with Crippen molar-refractivity contribution in [2.45, 2.75) is 81.6 Å². The maximum Gasteiger partial charge on any atom is 0.290 e. The molecule has 0 bridgehead atoms. The summed E-state index contributed by atoms with van der Waals surface area (Å²) in [7, 11) is -9.69. The second-order valence-electron chi connectivity index (χ2n) is 6.80. The Morgan fingerprint density at radius 1 is 0.920 bits per heavy atom. The molecule has 0 spiro atoms. The fraction of sp³-hybridized carbons (Fsp3) is 1.00. The predicted octanol–water partition coefficient (Wildman–Crippen LogP) is 3.05. The van der Waals surface area contributed by atoms with Gasteiger partial charge in [0.15, 0.2) is 4.75 Å². The van der Waals surface area contributed by atoms with Crippen molar-refractivity contribution in [2.24, 2.45) is 0 Å².